The van der Waals surface area contributed by atoms with Gasteiger partial charge < -0.3 is 25.2 Å². The van der Waals surface area contributed by atoms with Crippen molar-refractivity contribution in [3.05, 3.63) is 78.5 Å². The van der Waals surface area contributed by atoms with Gasteiger partial charge in [0.1, 0.15) is 11.6 Å². The minimum Gasteiger partial charge on any atom is -0.497 e. The van der Waals surface area contributed by atoms with Crippen molar-refractivity contribution < 1.29 is 13.2 Å². The number of hydrogen-bond donors (Lipinski definition) is 3. The Morgan fingerprint density at radius 2 is 1.52 bits per heavy atom. The summed E-state index contributed by atoms with van der Waals surface area (Å²) in [6.45, 7) is 11.5. The summed E-state index contributed by atoms with van der Waals surface area (Å²) >= 11 is 0. The van der Waals surface area contributed by atoms with E-state index in [0.29, 0.717) is 17.5 Å². The quantitative estimate of drug-likeness (QED) is 0.216. The molecule has 0 aliphatic carbocycles. The number of aryl methyl sites for hydroxylation is 1. The van der Waals surface area contributed by atoms with Gasteiger partial charge in [-0.15, -0.1) is 0 Å². The fraction of sp³-hybridized carbons (Fsp3) is 0.333. The molecule has 0 unspecified atom stereocenters. The number of benzene rings is 3. The number of sulfonamides is 1. The van der Waals surface area contributed by atoms with Gasteiger partial charge in [-0.05, 0) is 100 Å². The first-order valence-electron chi connectivity index (χ1n) is 14.6. The molecule has 1 aliphatic heterocycles. The maximum atomic E-state index is 13.4. The normalized spacial score (nSPS) is 14.4. The monoisotopic (exact) mass is 615 g/mol. The fourth-order valence-electron chi connectivity index (χ4n) is 4.95. The van der Waals surface area contributed by atoms with Crippen molar-refractivity contribution in [2.24, 2.45) is 0 Å². The number of aromatic nitrogens is 2. The average Bonchev–Trinajstić information content (AvgIpc) is 2.98. The standard InChI is InChI=1S/C33H41N7O3S/c1-23-22-34-32(36-26-9-11-28(12-10-26)40-17-15-39(5)16-18-40)37-31(23)35-27-19-25(24-7-13-29(43-6)14-8-24)20-30(21-27)44(41,42)38-33(2,3)4/h7-14,19-22,38H,15-18H2,1-6H3,(H2,34,35,36,37). The molecule has 5 rings (SSSR count). The van der Waals surface area contributed by atoms with Gasteiger partial charge >= 0.3 is 0 Å². The van der Waals surface area contributed by atoms with Crippen molar-refractivity contribution in [3.63, 3.8) is 0 Å². The zero-order valence-corrected chi connectivity index (χ0v) is 27.0. The van der Waals surface area contributed by atoms with Crippen LogP contribution in [0.15, 0.2) is 77.8 Å². The maximum Gasteiger partial charge on any atom is 0.241 e. The number of ether oxygens (including phenoxy) is 1. The Kier molecular flexibility index (Phi) is 9.10. The summed E-state index contributed by atoms with van der Waals surface area (Å²) in [5, 5.41) is 6.64. The Morgan fingerprint density at radius 3 is 2.16 bits per heavy atom. The molecule has 1 fully saturated rings. The van der Waals surface area contributed by atoms with E-state index in [1.165, 1.54) is 5.69 Å². The molecule has 0 atom stereocenters. The maximum absolute atomic E-state index is 13.4. The molecular weight excluding hydrogens is 574 g/mol. The highest BCUT2D eigenvalue weighted by atomic mass is 32.2. The summed E-state index contributed by atoms with van der Waals surface area (Å²) in [6.07, 6.45) is 1.74. The van der Waals surface area contributed by atoms with Gasteiger partial charge in [-0.2, -0.15) is 4.98 Å². The first-order chi connectivity index (χ1) is 20.9. The van der Waals surface area contributed by atoms with Gasteiger partial charge in [-0.3, -0.25) is 0 Å². The van der Waals surface area contributed by atoms with Crippen molar-refractivity contribution in [1.29, 1.82) is 0 Å². The molecule has 2 heterocycles. The molecule has 0 radical (unpaired) electrons. The number of likely N-dealkylation sites (N-methyl/N-ethyl adjacent to an activating group) is 1. The van der Waals surface area contributed by atoms with E-state index in [-0.39, 0.29) is 4.90 Å². The zero-order valence-electron chi connectivity index (χ0n) is 26.2. The van der Waals surface area contributed by atoms with Gasteiger partial charge in [-0.1, -0.05) is 12.1 Å². The highest BCUT2D eigenvalue weighted by Gasteiger charge is 2.23. The van der Waals surface area contributed by atoms with Gasteiger partial charge in [0.2, 0.25) is 16.0 Å². The van der Waals surface area contributed by atoms with E-state index < -0.39 is 15.6 Å². The number of rotatable bonds is 9. The third-order valence-corrected chi connectivity index (χ3v) is 9.04. The van der Waals surface area contributed by atoms with Crippen LogP contribution in [0.5, 0.6) is 5.75 Å². The first-order valence-corrected chi connectivity index (χ1v) is 16.1. The Morgan fingerprint density at radius 1 is 0.841 bits per heavy atom. The summed E-state index contributed by atoms with van der Waals surface area (Å²) < 4.78 is 34.9. The summed E-state index contributed by atoms with van der Waals surface area (Å²) in [4.78, 5) is 14.1. The second-order valence-electron chi connectivity index (χ2n) is 12.1. The number of anilines is 5. The molecule has 44 heavy (non-hydrogen) atoms. The van der Waals surface area contributed by atoms with Crippen molar-refractivity contribution in [2.45, 2.75) is 38.1 Å². The van der Waals surface area contributed by atoms with Gasteiger partial charge in [0, 0.05) is 60.5 Å². The molecule has 0 spiro atoms. The topological polar surface area (TPSA) is 112 Å². The SMILES string of the molecule is COc1ccc(-c2cc(Nc3nc(Nc4ccc(N5CCN(C)CC5)cc4)ncc3C)cc(S(=O)(=O)NC(C)(C)C)c2)cc1. The minimum absolute atomic E-state index is 0.147. The molecule has 0 saturated carbocycles. The lowest BCUT2D eigenvalue weighted by Crippen LogP contribution is -2.44. The zero-order chi connectivity index (χ0) is 31.5. The predicted octanol–water partition coefficient (Wildman–Crippen LogP) is 5.78. The molecule has 0 bridgehead atoms. The van der Waals surface area contributed by atoms with E-state index in [4.69, 9.17) is 9.72 Å². The number of methoxy groups -OCH3 is 1. The molecule has 4 aromatic rings. The third-order valence-electron chi connectivity index (χ3n) is 7.31. The summed E-state index contributed by atoms with van der Waals surface area (Å²) in [5.41, 5.74) is 4.40. The van der Waals surface area contributed by atoms with Crippen molar-refractivity contribution in [3.8, 4) is 16.9 Å². The molecule has 232 valence electrons. The Bertz CT molecular complexity index is 1700. The Balaban J connectivity index is 1.41. The summed E-state index contributed by atoms with van der Waals surface area (Å²) in [7, 11) is -0.0544. The van der Waals surface area contributed by atoms with Gasteiger partial charge in [0.05, 0.1) is 12.0 Å². The van der Waals surface area contributed by atoms with E-state index >= 15 is 0 Å². The van der Waals surface area contributed by atoms with Crippen LogP contribution in [0.4, 0.5) is 28.8 Å². The van der Waals surface area contributed by atoms with Crippen LogP contribution >= 0.6 is 0 Å². The van der Waals surface area contributed by atoms with Crippen LogP contribution in [0.1, 0.15) is 26.3 Å². The molecule has 10 nitrogen and oxygen atoms in total. The lowest BCUT2D eigenvalue weighted by Gasteiger charge is -2.34. The van der Waals surface area contributed by atoms with E-state index in [2.05, 4.69) is 49.3 Å². The van der Waals surface area contributed by atoms with Crippen LogP contribution in [-0.2, 0) is 10.0 Å². The van der Waals surface area contributed by atoms with Crippen LogP contribution in [0.25, 0.3) is 11.1 Å². The predicted molar refractivity (Wildman–Crippen MR) is 178 cm³/mol. The van der Waals surface area contributed by atoms with Crippen molar-refractivity contribution in [1.82, 2.24) is 19.6 Å². The van der Waals surface area contributed by atoms with E-state index in [0.717, 1.165) is 54.3 Å². The van der Waals surface area contributed by atoms with E-state index in [1.54, 1.807) is 25.4 Å². The highest BCUT2D eigenvalue weighted by Crippen LogP contribution is 2.31. The second-order valence-corrected chi connectivity index (χ2v) is 13.8. The molecule has 1 saturated heterocycles. The molecule has 11 heteroatoms. The third kappa shape index (κ3) is 7.85. The average molecular weight is 616 g/mol. The fourth-order valence-corrected chi connectivity index (χ4v) is 6.44. The summed E-state index contributed by atoms with van der Waals surface area (Å²) in [6, 6.07) is 21.0. The Hall–Kier alpha value is -4.19. The molecule has 3 aromatic carbocycles. The number of piperazine rings is 1. The molecule has 1 aliphatic rings. The first kappa shape index (κ1) is 31.2. The molecular formula is C33H41N7O3S. The smallest absolute Gasteiger partial charge is 0.241 e. The summed E-state index contributed by atoms with van der Waals surface area (Å²) in [5.74, 6) is 1.71. The van der Waals surface area contributed by atoms with Crippen LogP contribution in [0, 0.1) is 6.92 Å². The minimum atomic E-state index is -3.82. The van der Waals surface area contributed by atoms with Crippen molar-refractivity contribution in [2.75, 3.05) is 55.9 Å². The van der Waals surface area contributed by atoms with E-state index in [9.17, 15) is 8.42 Å². The molecule has 0 amide bonds. The Labute approximate surface area is 260 Å². The lowest BCUT2D eigenvalue weighted by molar-refractivity contribution is 0.313. The largest absolute Gasteiger partial charge is 0.497 e. The van der Waals surface area contributed by atoms with Gasteiger partial charge in [-0.25, -0.2) is 18.1 Å². The number of nitrogens with one attached hydrogen (secondary N) is 3. The van der Waals surface area contributed by atoms with E-state index in [1.807, 2.05) is 70.2 Å². The van der Waals surface area contributed by atoms with Gasteiger partial charge in [0.25, 0.3) is 0 Å². The lowest BCUT2D eigenvalue weighted by atomic mass is 10.0. The number of nitrogens with zero attached hydrogens (tertiary/aromatic N) is 4. The second kappa shape index (κ2) is 12.8. The molecule has 3 N–H and O–H groups in total. The van der Waals surface area contributed by atoms with Crippen LogP contribution in [-0.4, -0.2) is 69.2 Å². The van der Waals surface area contributed by atoms with Crippen LogP contribution in [0.3, 0.4) is 0 Å². The van der Waals surface area contributed by atoms with Crippen LogP contribution in [0.2, 0.25) is 0 Å². The highest BCUT2D eigenvalue weighted by molar-refractivity contribution is 7.89. The number of hydrogen-bond acceptors (Lipinski definition) is 9. The van der Waals surface area contributed by atoms with Crippen LogP contribution < -0.4 is 25.0 Å². The van der Waals surface area contributed by atoms with Gasteiger partial charge in [0.15, 0.2) is 0 Å². The van der Waals surface area contributed by atoms with Crippen molar-refractivity contribution >= 4 is 38.9 Å². The molecule has 1 aromatic heterocycles.